The van der Waals surface area contributed by atoms with Crippen LogP contribution in [0.2, 0.25) is 0 Å². The summed E-state index contributed by atoms with van der Waals surface area (Å²) in [6.07, 6.45) is -5.29. The van der Waals surface area contributed by atoms with Crippen molar-refractivity contribution in [2.24, 2.45) is 5.41 Å². The highest BCUT2D eigenvalue weighted by molar-refractivity contribution is 7.89. The Morgan fingerprint density at radius 1 is 1.23 bits per heavy atom. The van der Waals surface area contributed by atoms with E-state index in [0.717, 1.165) is 9.87 Å². The van der Waals surface area contributed by atoms with Crippen molar-refractivity contribution >= 4 is 10.0 Å². The third-order valence-electron chi connectivity index (χ3n) is 3.87. The van der Waals surface area contributed by atoms with Crippen LogP contribution in [0.5, 0.6) is 0 Å². The smallest absolute Gasteiger partial charge is 0.207 e. The number of benzene rings is 1. The van der Waals surface area contributed by atoms with Crippen molar-refractivity contribution < 1.29 is 21.6 Å². The molecule has 0 N–H and O–H groups in total. The monoisotopic (exact) mass is 335 g/mol. The maximum atomic E-state index is 12.8. The van der Waals surface area contributed by atoms with Gasteiger partial charge in [0.15, 0.2) is 0 Å². The molecule has 1 aromatic carbocycles. The summed E-state index contributed by atoms with van der Waals surface area (Å²) in [5.41, 5.74) is 0.431. The minimum atomic E-state index is -4.38. The molecule has 1 heterocycles. The second kappa shape index (κ2) is 5.53. The standard InChI is InChI=1S/C15H20F3NO2S/c1-11-4-6-13(7-5-11)22(20,21)19-10-14(2,3)8-12(19)9-15(16,17)18/h4-7,12H,8-10H2,1-3H3. The van der Waals surface area contributed by atoms with Crippen molar-refractivity contribution in [3.05, 3.63) is 29.8 Å². The van der Waals surface area contributed by atoms with Gasteiger partial charge in [0.1, 0.15) is 0 Å². The minimum absolute atomic E-state index is 0.0444. The zero-order valence-corrected chi connectivity index (χ0v) is 13.6. The maximum absolute atomic E-state index is 12.8. The molecule has 0 amide bonds. The van der Waals surface area contributed by atoms with Crippen molar-refractivity contribution in [2.45, 2.75) is 50.7 Å². The summed E-state index contributed by atoms with van der Waals surface area (Å²) in [5, 5.41) is 0. The molecule has 124 valence electrons. The minimum Gasteiger partial charge on any atom is -0.207 e. The highest BCUT2D eigenvalue weighted by atomic mass is 32.2. The molecule has 1 unspecified atom stereocenters. The van der Waals surface area contributed by atoms with Crippen molar-refractivity contribution in [1.82, 2.24) is 4.31 Å². The van der Waals surface area contributed by atoms with Crippen LogP contribution in [0.4, 0.5) is 13.2 Å². The predicted octanol–water partition coefficient (Wildman–Crippen LogP) is 3.74. The molecule has 1 saturated heterocycles. The van der Waals surface area contributed by atoms with Gasteiger partial charge in [-0.05, 0) is 30.9 Å². The van der Waals surface area contributed by atoms with E-state index in [-0.39, 0.29) is 17.9 Å². The quantitative estimate of drug-likeness (QED) is 0.844. The Balaban J connectivity index is 2.36. The number of alkyl halides is 3. The number of halogens is 3. The van der Waals surface area contributed by atoms with Crippen LogP contribution < -0.4 is 0 Å². The van der Waals surface area contributed by atoms with Crippen molar-refractivity contribution in [3.63, 3.8) is 0 Å². The molecule has 1 atom stereocenters. The van der Waals surface area contributed by atoms with Gasteiger partial charge in [-0.2, -0.15) is 17.5 Å². The molecule has 7 heteroatoms. The Hall–Kier alpha value is -1.08. The molecular formula is C15H20F3NO2S. The number of hydrogen-bond acceptors (Lipinski definition) is 2. The molecule has 3 nitrogen and oxygen atoms in total. The Morgan fingerprint density at radius 2 is 1.77 bits per heavy atom. The topological polar surface area (TPSA) is 37.4 Å². The third kappa shape index (κ3) is 3.81. The van der Waals surface area contributed by atoms with Gasteiger partial charge in [0.2, 0.25) is 10.0 Å². The van der Waals surface area contributed by atoms with Crippen molar-refractivity contribution in [1.29, 1.82) is 0 Å². The zero-order chi connectivity index (χ0) is 16.8. The van der Waals surface area contributed by atoms with Crippen LogP contribution in [0, 0.1) is 12.3 Å². The third-order valence-corrected chi connectivity index (χ3v) is 5.79. The first-order valence-corrected chi connectivity index (χ1v) is 8.50. The van der Waals surface area contributed by atoms with E-state index in [1.54, 1.807) is 26.0 Å². The Bertz CT molecular complexity index is 636. The van der Waals surface area contributed by atoms with Crippen LogP contribution in [0.3, 0.4) is 0 Å². The van der Waals surface area contributed by atoms with Crippen LogP contribution in [-0.2, 0) is 10.0 Å². The molecule has 0 aliphatic carbocycles. The first-order valence-electron chi connectivity index (χ1n) is 7.06. The first kappa shape index (κ1) is 17.3. The predicted molar refractivity (Wildman–Crippen MR) is 77.9 cm³/mol. The van der Waals surface area contributed by atoms with Gasteiger partial charge in [-0.3, -0.25) is 0 Å². The molecule has 0 radical (unpaired) electrons. The van der Waals surface area contributed by atoms with Crippen LogP contribution >= 0.6 is 0 Å². The summed E-state index contributed by atoms with van der Waals surface area (Å²) in [6.45, 7) is 5.51. The van der Waals surface area contributed by atoms with Gasteiger partial charge in [-0.25, -0.2) is 8.42 Å². The maximum Gasteiger partial charge on any atom is 0.390 e. The summed E-state index contributed by atoms with van der Waals surface area (Å²) in [7, 11) is -3.91. The summed E-state index contributed by atoms with van der Waals surface area (Å²) < 4.78 is 64.7. The second-order valence-electron chi connectivity index (χ2n) is 6.70. The second-order valence-corrected chi connectivity index (χ2v) is 8.60. The number of rotatable bonds is 3. The fraction of sp³-hybridized carbons (Fsp3) is 0.600. The van der Waals surface area contributed by atoms with E-state index in [1.165, 1.54) is 12.1 Å². The van der Waals surface area contributed by atoms with E-state index < -0.39 is 34.1 Å². The van der Waals surface area contributed by atoms with Gasteiger partial charge < -0.3 is 0 Å². The number of hydrogen-bond donors (Lipinski definition) is 0. The van der Waals surface area contributed by atoms with Crippen molar-refractivity contribution in [2.75, 3.05) is 6.54 Å². The lowest BCUT2D eigenvalue weighted by molar-refractivity contribution is -0.142. The Morgan fingerprint density at radius 3 is 2.27 bits per heavy atom. The lowest BCUT2D eigenvalue weighted by Crippen LogP contribution is -2.38. The average Bonchev–Trinajstić information content (AvgIpc) is 2.63. The molecular weight excluding hydrogens is 315 g/mol. The molecule has 0 spiro atoms. The van der Waals surface area contributed by atoms with Gasteiger partial charge in [0.25, 0.3) is 0 Å². The highest BCUT2D eigenvalue weighted by Crippen LogP contribution is 2.41. The molecule has 1 aromatic rings. The van der Waals surface area contributed by atoms with E-state index in [9.17, 15) is 21.6 Å². The zero-order valence-electron chi connectivity index (χ0n) is 12.8. The van der Waals surface area contributed by atoms with Gasteiger partial charge >= 0.3 is 6.18 Å². The molecule has 0 aromatic heterocycles. The first-order chi connectivity index (χ1) is 9.91. The molecule has 0 bridgehead atoms. The van der Waals surface area contributed by atoms with E-state index in [2.05, 4.69) is 0 Å². The van der Waals surface area contributed by atoms with E-state index in [0.29, 0.717) is 0 Å². The van der Waals surface area contributed by atoms with Gasteiger partial charge in [-0.15, -0.1) is 0 Å². The normalized spacial score (nSPS) is 22.9. The summed E-state index contributed by atoms with van der Waals surface area (Å²) in [6, 6.07) is 5.14. The van der Waals surface area contributed by atoms with E-state index in [1.807, 2.05) is 6.92 Å². The molecule has 0 saturated carbocycles. The molecule has 2 rings (SSSR count). The summed E-state index contributed by atoms with van der Waals surface area (Å²) in [5.74, 6) is 0. The largest absolute Gasteiger partial charge is 0.390 e. The molecule has 22 heavy (non-hydrogen) atoms. The lowest BCUT2D eigenvalue weighted by atomic mass is 9.90. The van der Waals surface area contributed by atoms with Crippen LogP contribution in [-0.4, -0.2) is 31.5 Å². The van der Waals surface area contributed by atoms with Crippen LogP contribution in [0.1, 0.15) is 32.3 Å². The highest BCUT2D eigenvalue weighted by Gasteiger charge is 2.48. The van der Waals surface area contributed by atoms with E-state index >= 15 is 0 Å². The van der Waals surface area contributed by atoms with Gasteiger partial charge in [0.05, 0.1) is 11.3 Å². The number of sulfonamides is 1. The fourth-order valence-corrected chi connectivity index (χ4v) is 4.74. The van der Waals surface area contributed by atoms with Crippen LogP contribution in [0.25, 0.3) is 0 Å². The van der Waals surface area contributed by atoms with Gasteiger partial charge in [0, 0.05) is 12.6 Å². The van der Waals surface area contributed by atoms with Crippen molar-refractivity contribution in [3.8, 4) is 0 Å². The van der Waals surface area contributed by atoms with Crippen LogP contribution in [0.15, 0.2) is 29.2 Å². The number of aryl methyl sites for hydroxylation is 1. The number of nitrogens with zero attached hydrogens (tertiary/aromatic N) is 1. The molecule has 1 fully saturated rings. The average molecular weight is 335 g/mol. The Labute approximate surface area is 129 Å². The summed E-state index contributed by atoms with van der Waals surface area (Å²) >= 11 is 0. The Kier molecular flexibility index (Phi) is 4.34. The summed E-state index contributed by atoms with van der Waals surface area (Å²) in [4.78, 5) is 0.0444. The van der Waals surface area contributed by atoms with Gasteiger partial charge in [-0.1, -0.05) is 31.5 Å². The van der Waals surface area contributed by atoms with E-state index in [4.69, 9.17) is 0 Å². The fourth-order valence-electron chi connectivity index (χ4n) is 2.92. The molecule has 1 aliphatic heterocycles. The lowest BCUT2D eigenvalue weighted by Gasteiger charge is -2.25. The SMILES string of the molecule is Cc1ccc(S(=O)(=O)N2CC(C)(C)CC2CC(F)(F)F)cc1. The molecule has 1 aliphatic rings.